The molecule has 1 atom stereocenters. The zero-order valence-electron chi connectivity index (χ0n) is 8.20. The third-order valence-electron chi connectivity index (χ3n) is 0.677. The number of hydrogen-bond acceptors (Lipinski definition) is 1. The third-order valence-corrected chi connectivity index (χ3v) is 0.677. The van der Waals surface area contributed by atoms with Crippen molar-refractivity contribution in [3.8, 4) is 0 Å². The van der Waals surface area contributed by atoms with Gasteiger partial charge in [0.1, 0.15) is 13.3 Å². The molecular formula is C8H15F5O. The van der Waals surface area contributed by atoms with Crippen molar-refractivity contribution in [1.29, 1.82) is 0 Å². The van der Waals surface area contributed by atoms with Crippen LogP contribution < -0.4 is 0 Å². The van der Waals surface area contributed by atoms with Gasteiger partial charge in [0.05, 0.1) is 0 Å². The molecule has 0 spiro atoms. The maximum Gasteiger partial charge on any atom is 0.300 e. The Morgan fingerprint density at radius 2 is 1.50 bits per heavy atom. The normalized spacial score (nSPS) is 11.6. The molecule has 0 aliphatic carbocycles. The summed E-state index contributed by atoms with van der Waals surface area (Å²) in [6.45, 7) is 4.77. The molecule has 0 amide bonds. The number of alkyl halides is 5. The molecule has 1 nitrogen and oxygen atoms in total. The van der Waals surface area contributed by atoms with Gasteiger partial charge in [-0.2, -0.15) is 0 Å². The number of rotatable bonds is 3. The fourth-order valence-electron chi connectivity index (χ4n) is 0.207. The minimum absolute atomic E-state index is 0.459. The monoisotopic (exact) mass is 222 g/mol. The van der Waals surface area contributed by atoms with Crippen molar-refractivity contribution in [2.24, 2.45) is 0 Å². The summed E-state index contributed by atoms with van der Waals surface area (Å²) in [4.78, 5) is 0. The summed E-state index contributed by atoms with van der Waals surface area (Å²) in [6.07, 6.45) is -2.48. The van der Waals surface area contributed by atoms with Crippen LogP contribution in [0.15, 0.2) is 13.2 Å². The number of methoxy groups -OCH3 is 1. The van der Waals surface area contributed by atoms with Gasteiger partial charge in [0, 0.05) is 14.0 Å². The Hall–Kier alpha value is -0.650. The smallest absolute Gasteiger partial charge is 0.300 e. The molecule has 0 aromatic heterocycles. The molecule has 0 radical (unpaired) electrons. The SMILES string of the molecule is C=C.COC(F)C(C)(F)F.FCCF. The van der Waals surface area contributed by atoms with E-state index in [-0.39, 0.29) is 0 Å². The Kier molecular flexibility index (Phi) is 16.8. The maximum atomic E-state index is 11.7. The molecule has 0 saturated carbocycles. The summed E-state index contributed by atoms with van der Waals surface area (Å²) < 4.78 is 59.3. The summed E-state index contributed by atoms with van der Waals surface area (Å²) in [7, 11) is 0.891. The van der Waals surface area contributed by atoms with E-state index in [4.69, 9.17) is 0 Å². The lowest BCUT2D eigenvalue weighted by atomic mass is 10.4. The van der Waals surface area contributed by atoms with Crippen LogP contribution in [0.3, 0.4) is 0 Å². The van der Waals surface area contributed by atoms with Crippen molar-refractivity contribution < 1.29 is 26.7 Å². The van der Waals surface area contributed by atoms with Crippen LogP contribution in [0.25, 0.3) is 0 Å². The second-order valence-corrected chi connectivity index (χ2v) is 1.89. The van der Waals surface area contributed by atoms with E-state index in [1.807, 2.05) is 0 Å². The molecule has 0 aliphatic rings. The Morgan fingerprint density at radius 3 is 1.50 bits per heavy atom. The van der Waals surface area contributed by atoms with E-state index in [0.29, 0.717) is 6.92 Å². The largest absolute Gasteiger partial charge is 0.347 e. The predicted molar refractivity (Wildman–Crippen MR) is 45.7 cm³/mol. The molecule has 0 aromatic rings. The minimum atomic E-state index is -3.38. The van der Waals surface area contributed by atoms with Crippen molar-refractivity contribution in [3.63, 3.8) is 0 Å². The predicted octanol–water partition coefficient (Wildman–Crippen LogP) is 3.31. The highest BCUT2D eigenvalue weighted by Gasteiger charge is 2.33. The van der Waals surface area contributed by atoms with Gasteiger partial charge in [-0.15, -0.1) is 13.2 Å². The van der Waals surface area contributed by atoms with Crippen LogP contribution in [0.5, 0.6) is 0 Å². The average molecular weight is 222 g/mol. The molecule has 0 fully saturated rings. The van der Waals surface area contributed by atoms with Crippen molar-refractivity contribution in [3.05, 3.63) is 13.2 Å². The van der Waals surface area contributed by atoms with Crippen molar-refractivity contribution >= 4 is 0 Å². The van der Waals surface area contributed by atoms with Gasteiger partial charge in [-0.1, -0.05) is 0 Å². The molecule has 0 rings (SSSR count). The number of halogens is 5. The van der Waals surface area contributed by atoms with Crippen molar-refractivity contribution in [2.75, 3.05) is 20.5 Å². The first-order chi connectivity index (χ1) is 6.40. The minimum Gasteiger partial charge on any atom is -0.347 e. The van der Waals surface area contributed by atoms with Gasteiger partial charge in [0.15, 0.2) is 0 Å². The summed E-state index contributed by atoms with van der Waals surface area (Å²) in [5.74, 6) is -3.38. The number of ether oxygens (including phenoxy) is 1. The molecule has 0 saturated heterocycles. The summed E-state index contributed by atoms with van der Waals surface area (Å²) in [6, 6.07) is 0. The van der Waals surface area contributed by atoms with Gasteiger partial charge >= 0.3 is 0 Å². The lowest BCUT2D eigenvalue weighted by Gasteiger charge is -2.12. The first kappa shape index (κ1) is 19.0. The molecule has 0 N–H and O–H groups in total. The fourth-order valence-corrected chi connectivity index (χ4v) is 0.207. The van der Waals surface area contributed by atoms with Gasteiger partial charge in [0.2, 0.25) is 0 Å². The second-order valence-electron chi connectivity index (χ2n) is 1.89. The first-order valence-corrected chi connectivity index (χ1v) is 3.56. The van der Waals surface area contributed by atoms with E-state index in [2.05, 4.69) is 17.9 Å². The topological polar surface area (TPSA) is 9.23 Å². The van der Waals surface area contributed by atoms with Crippen LogP contribution in [-0.4, -0.2) is 32.7 Å². The van der Waals surface area contributed by atoms with Crippen LogP contribution in [0.1, 0.15) is 6.92 Å². The zero-order valence-corrected chi connectivity index (χ0v) is 8.20. The van der Waals surface area contributed by atoms with E-state index in [0.717, 1.165) is 7.11 Å². The molecule has 0 aliphatic heterocycles. The van der Waals surface area contributed by atoms with E-state index < -0.39 is 25.6 Å². The van der Waals surface area contributed by atoms with Crippen LogP contribution in [0.2, 0.25) is 0 Å². The first-order valence-electron chi connectivity index (χ1n) is 3.56. The molecule has 14 heavy (non-hydrogen) atoms. The van der Waals surface area contributed by atoms with Crippen molar-refractivity contribution in [1.82, 2.24) is 0 Å². The molecule has 1 unspecified atom stereocenters. The summed E-state index contributed by atoms with van der Waals surface area (Å²) >= 11 is 0. The van der Waals surface area contributed by atoms with Crippen LogP contribution in [0.4, 0.5) is 22.0 Å². The molecule has 0 aromatic carbocycles. The van der Waals surface area contributed by atoms with Gasteiger partial charge < -0.3 is 4.74 Å². The Bertz CT molecular complexity index is 102. The van der Waals surface area contributed by atoms with E-state index in [1.54, 1.807) is 0 Å². The third kappa shape index (κ3) is 17.4. The van der Waals surface area contributed by atoms with Gasteiger partial charge in [-0.05, 0) is 0 Å². The van der Waals surface area contributed by atoms with Gasteiger partial charge in [-0.25, -0.2) is 22.0 Å². The van der Waals surface area contributed by atoms with E-state index in [9.17, 15) is 22.0 Å². The Labute approximate surface area is 80.6 Å². The van der Waals surface area contributed by atoms with Crippen LogP contribution in [0, 0.1) is 0 Å². The molecule has 0 heterocycles. The second kappa shape index (κ2) is 12.3. The van der Waals surface area contributed by atoms with Gasteiger partial charge in [-0.3, -0.25) is 0 Å². The quantitative estimate of drug-likeness (QED) is 0.525. The summed E-state index contributed by atoms with van der Waals surface area (Å²) in [5.41, 5.74) is 0. The maximum absolute atomic E-state index is 11.7. The standard InChI is InChI=1S/C4H7F3O.C2H4F2.C2H4/c1-4(6,7)3(5)8-2;3-1-2-4;1-2/h3H,1-2H3;1-2H2;1-2H2. The summed E-state index contributed by atoms with van der Waals surface area (Å²) in [5, 5.41) is 0. The average Bonchev–Trinajstić information content (AvgIpc) is 2.18. The highest BCUT2D eigenvalue weighted by Crippen LogP contribution is 2.19. The Morgan fingerprint density at radius 1 is 1.21 bits per heavy atom. The zero-order chi connectivity index (χ0) is 12.2. The lowest BCUT2D eigenvalue weighted by Crippen LogP contribution is -2.27. The van der Waals surface area contributed by atoms with E-state index >= 15 is 0 Å². The highest BCUT2D eigenvalue weighted by atomic mass is 19.3. The lowest BCUT2D eigenvalue weighted by molar-refractivity contribution is -0.172. The van der Waals surface area contributed by atoms with Crippen molar-refractivity contribution in [2.45, 2.75) is 19.2 Å². The molecular weight excluding hydrogens is 207 g/mol. The van der Waals surface area contributed by atoms with E-state index in [1.165, 1.54) is 0 Å². The molecule has 6 heteroatoms. The molecule has 88 valence electrons. The Balaban J connectivity index is -0.000000170. The highest BCUT2D eigenvalue weighted by molar-refractivity contribution is 4.59. The number of hydrogen-bond donors (Lipinski definition) is 0. The van der Waals surface area contributed by atoms with Crippen LogP contribution >= 0.6 is 0 Å². The van der Waals surface area contributed by atoms with Gasteiger partial charge in [0.25, 0.3) is 12.3 Å². The van der Waals surface area contributed by atoms with Crippen LogP contribution in [-0.2, 0) is 4.74 Å². The fraction of sp³-hybridized carbons (Fsp3) is 0.750. The molecule has 0 bridgehead atoms.